The van der Waals surface area contributed by atoms with Crippen LogP contribution in [-0.2, 0) is 0 Å². The van der Waals surface area contributed by atoms with Crippen LogP contribution in [0.25, 0.3) is 83.1 Å². The van der Waals surface area contributed by atoms with Gasteiger partial charge in [-0.05, 0) is 74.3 Å². The van der Waals surface area contributed by atoms with Crippen molar-refractivity contribution in [3.8, 4) is 56.0 Å². The van der Waals surface area contributed by atoms with Crippen LogP contribution in [0.15, 0.2) is 176 Å². The van der Waals surface area contributed by atoms with E-state index >= 15 is 0 Å². The van der Waals surface area contributed by atoms with Crippen LogP contribution in [0.4, 0.5) is 0 Å². The fourth-order valence-electron chi connectivity index (χ4n) is 6.86. The standard InChI is InChI=1S/C44H29N3/c1-2-13-30(14-3-1)32-18-10-21-36(27-32)43-42(35-20-11-19-33(28-35)38-24-12-17-31-15-4-6-22-37(31)38)44-39-23-7-5-16-34(39)29-41(47(44)46-43)40-25-8-9-26-45-40/h1-29H. The quantitative estimate of drug-likeness (QED) is 0.197. The molecule has 0 bridgehead atoms. The molecule has 0 radical (unpaired) electrons. The predicted octanol–water partition coefficient (Wildman–Crippen LogP) is 11.4. The Morgan fingerprint density at radius 1 is 0.426 bits per heavy atom. The van der Waals surface area contributed by atoms with E-state index in [2.05, 4.69) is 162 Å². The number of hydrogen-bond donors (Lipinski definition) is 0. The first-order valence-electron chi connectivity index (χ1n) is 15.9. The fourth-order valence-corrected chi connectivity index (χ4v) is 6.86. The molecule has 0 fully saturated rings. The second kappa shape index (κ2) is 11.2. The largest absolute Gasteiger partial charge is 0.255 e. The van der Waals surface area contributed by atoms with Gasteiger partial charge in [-0.3, -0.25) is 4.98 Å². The summed E-state index contributed by atoms with van der Waals surface area (Å²) in [4.78, 5) is 4.77. The van der Waals surface area contributed by atoms with Crippen molar-refractivity contribution in [1.29, 1.82) is 0 Å². The summed E-state index contributed by atoms with van der Waals surface area (Å²) in [5.74, 6) is 0. The third-order valence-electron chi connectivity index (χ3n) is 9.04. The molecular formula is C44H29N3. The average molecular weight is 600 g/mol. The van der Waals surface area contributed by atoms with Crippen molar-refractivity contribution < 1.29 is 0 Å². The summed E-state index contributed by atoms with van der Waals surface area (Å²) >= 11 is 0. The van der Waals surface area contributed by atoms with Crippen LogP contribution in [0.5, 0.6) is 0 Å². The number of pyridine rings is 2. The highest BCUT2D eigenvalue weighted by Gasteiger charge is 2.22. The zero-order chi connectivity index (χ0) is 31.2. The fraction of sp³-hybridized carbons (Fsp3) is 0. The van der Waals surface area contributed by atoms with Crippen LogP contribution in [0.2, 0.25) is 0 Å². The van der Waals surface area contributed by atoms with Crippen molar-refractivity contribution in [2.75, 3.05) is 0 Å². The topological polar surface area (TPSA) is 30.2 Å². The minimum absolute atomic E-state index is 0.881. The van der Waals surface area contributed by atoms with E-state index in [4.69, 9.17) is 10.1 Å². The van der Waals surface area contributed by atoms with Gasteiger partial charge in [0.25, 0.3) is 0 Å². The summed E-state index contributed by atoms with van der Waals surface area (Å²) < 4.78 is 2.11. The number of nitrogens with zero attached hydrogens (tertiary/aromatic N) is 3. The van der Waals surface area contributed by atoms with Gasteiger partial charge in [0.05, 0.1) is 16.9 Å². The first-order valence-corrected chi connectivity index (χ1v) is 15.9. The van der Waals surface area contributed by atoms with Crippen LogP contribution >= 0.6 is 0 Å². The Morgan fingerprint density at radius 3 is 1.91 bits per heavy atom. The van der Waals surface area contributed by atoms with E-state index in [-0.39, 0.29) is 0 Å². The molecule has 3 heteroatoms. The molecule has 9 rings (SSSR count). The lowest BCUT2D eigenvalue weighted by atomic mass is 9.92. The van der Waals surface area contributed by atoms with Crippen LogP contribution in [0.1, 0.15) is 0 Å². The molecule has 0 aliphatic carbocycles. The Kier molecular flexibility index (Phi) is 6.46. The van der Waals surface area contributed by atoms with Gasteiger partial charge in [0.2, 0.25) is 0 Å². The minimum Gasteiger partial charge on any atom is -0.255 e. The van der Waals surface area contributed by atoms with E-state index < -0.39 is 0 Å². The first kappa shape index (κ1) is 27.0. The minimum atomic E-state index is 0.881. The van der Waals surface area contributed by atoms with Crippen molar-refractivity contribution in [2.24, 2.45) is 0 Å². The van der Waals surface area contributed by atoms with Crippen molar-refractivity contribution in [3.05, 3.63) is 176 Å². The van der Waals surface area contributed by atoms with E-state index in [1.165, 1.54) is 27.5 Å². The molecule has 0 spiro atoms. The Bertz CT molecular complexity index is 2560. The highest BCUT2D eigenvalue weighted by Crippen LogP contribution is 2.42. The van der Waals surface area contributed by atoms with Crippen molar-refractivity contribution >= 4 is 27.1 Å². The van der Waals surface area contributed by atoms with Gasteiger partial charge in [0.15, 0.2) is 0 Å². The molecule has 47 heavy (non-hydrogen) atoms. The second-order valence-electron chi connectivity index (χ2n) is 11.9. The monoisotopic (exact) mass is 599 g/mol. The number of rotatable bonds is 5. The average Bonchev–Trinajstić information content (AvgIpc) is 3.56. The van der Waals surface area contributed by atoms with E-state index in [9.17, 15) is 0 Å². The molecule has 0 aliphatic heterocycles. The van der Waals surface area contributed by atoms with Gasteiger partial charge in [0.1, 0.15) is 5.69 Å². The molecule has 0 aliphatic rings. The zero-order valence-corrected chi connectivity index (χ0v) is 25.6. The Morgan fingerprint density at radius 2 is 1.06 bits per heavy atom. The molecule has 0 saturated heterocycles. The Balaban J connectivity index is 1.37. The maximum absolute atomic E-state index is 5.45. The van der Waals surface area contributed by atoms with E-state index in [1.807, 2.05) is 18.3 Å². The maximum Gasteiger partial charge on any atom is 0.101 e. The molecule has 3 nitrogen and oxygen atoms in total. The molecule has 0 unspecified atom stereocenters. The van der Waals surface area contributed by atoms with Gasteiger partial charge in [-0.25, -0.2) is 4.52 Å². The summed E-state index contributed by atoms with van der Waals surface area (Å²) in [5.41, 5.74) is 11.9. The molecule has 3 heterocycles. The normalized spacial score (nSPS) is 11.4. The summed E-state index contributed by atoms with van der Waals surface area (Å²) in [6, 6.07) is 60.2. The van der Waals surface area contributed by atoms with Gasteiger partial charge in [-0.1, -0.05) is 140 Å². The van der Waals surface area contributed by atoms with E-state index in [0.717, 1.165) is 55.6 Å². The van der Waals surface area contributed by atoms with E-state index in [1.54, 1.807) is 0 Å². The Labute approximate surface area is 273 Å². The summed E-state index contributed by atoms with van der Waals surface area (Å²) in [7, 11) is 0. The molecule has 6 aromatic carbocycles. The van der Waals surface area contributed by atoms with Crippen LogP contribution in [0.3, 0.4) is 0 Å². The lowest BCUT2D eigenvalue weighted by Gasteiger charge is -2.12. The Hall–Kier alpha value is -6.32. The lowest BCUT2D eigenvalue weighted by molar-refractivity contribution is 0.972. The predicted molar refractivity (Wildman–Crippen MR) is 195 cm³/mol. The molecule has 0 N–H and O–H groups in total. The molecule has 0 saturated carbocycles. The van der Waals surface area contributed by atoms with Crippen molar-refractivity contribution in [1.82, 2.24) is 14.6 Å². The molecule has 9 aromatic rings. The molecule has 3 aromatic heterocycles. The summed E-state index contributed by atoms with van der Waals surface area (Å²) in [6.07, 6.45) is 1.85. The number of aromatic nitrogens is 3. The van der Waals surface area contributed by atoms with Crippen molar-refractivity contribution in [2.45, 2.75) is 0 Å². The number of hydrogen-bond acceptors (Lipinski definition) is 2. The molecule has 0 amide bonds. The lowest BCUT2D eigenvalue weighted by Crippen LogP contribution is -1.97. The number of benzene rings is 6. The van der Waals surface area contributed by atoms with E-state index in [0.29, 0.717) is 0 Å². The third-order valence-corrected chi connectivity index (χ3v) is 9.04. The van der Waals surface area contributed by atoms with Gasteiger partial charge >= 0.3 is 0 Å². The van der Waals surface area contributed by atoms with Crippen LogP contribution < -0.4 is 0 Å². The van der Waals surface area contributed by atoms with Crippen LogP contribution in [0, 0.1) is 0 Å². The highest BCUT2D eigenvalue weighted by molar-refractivity contribution is 6.09. The highest BCUT2D eigenvalue weighted by atomic mass is 15.2. The van der Waals surface area contributed by atoms with Gasteiger partial charge in [-0.15, -0.1) is 0 Å². The first-order chi connectivity index (χ1) is 23.3. The van der Waals surface area contributed by atoms with Gasteiger partial charge in [-0.2, -0.15) is 5.10 Å². The maximum atomic E-state index is 5.45. The van der Waals surface area contributed by atoms with Crippen LogP contribution in [-0.4, -0.2) is 14.6 Å². The summed E-state index contributed by atoms with van der Waals surface area (Å²) in [5, 5.41) is 10.2. The third kappa shape index (κ3) is 4.68. The molecule has 220 valence electrons. The SMILES string of the molecule is c1ccc(-c2cccc(-c3nn4c(-c5ccccn5)cc5ccccc5c4c3-c3cccc(-c4cccc5ccccc45)c3)c2)cc1. The smallest absolute Gasteiger partial charge is 0.101 e. The zero-order valence-electron chi connectivity index (χ0n) is 25.6. The second-order valence-corrected chi connectivity index (χ2v) is 11.9. The van der Waals surface area contributed by atoms with Gasteiger partial charge in [0, 0.05) is 22.7 Å². The molecule has 0 atom stereocenters. The molecular weight excluding hydrogens is 571 g/mol. The summed E-state index contributed by atoms with van der Waals surface area (Å²) in [6.45, 7) is 0. The van der Waals surface area contributed by atoms with Gasteiger partial charge < -0.3 is 0 Å². The number of fused-ring (bicyclic) bond motifs is 4. The van der Waals surface area contributed by atoms with Crippen molar-refractivity contribution in [3.63, 3.8) is 0 Å².